The van der Waals surface area contributed by atoms with Crippen LogP contribution in [0.4, 0.5) is 5.69 Å². The van der Waals surface area contributed by atoms with Crippen molar-refractivity contribution in [3.63, 3.8) is 0 Å². The third-order valence-electron chi connectivity index (χ3n) is 4.28. The highest BCUT2D eigenvalue weighted by molar-refractivity contribution is 8.00. The Hall–Kier alpha value is -3.00. The fraction of sp³-hybridized carbons (Fsp3) is 0.250. The van der Waals surface area contributed by atoms with Gasteiger partial charge < -0.3 is 19.7 Å². The van der Waals surface area contributed by atoms with Crippen LogP contribution in [0.2, 0.25) is 0 Å². The van der Waals surface area contributed by atoms with Gasteiger partial charge in [0.1, 0.15) is 5.75 Å². The molecule has 7 nitrogen and oxygen atoms in total. The fourth-order valence-corrected chi connectivity index (χ4v) is 3.56. The average molecular weight is 399 g/mol. The highest BCUT2D eigenvalue weighted by Crippen LogP contribution is 2.29. The largest absolute Gasteiger partial charge is 0.538 e. The summed E-state index contributed by atoms with van der Waals surface area (Å²) in [6.07, 6.45) is 0. The molecule has 1 heterocycles. The number of hydrogen-bond donors (Lipinski definition) is 1. The molecule has 0 fully saturated rings. The van der Waals surface area contributed by atoms with Crippen LogP contribution in [0.25, 0.3) is 5.69 Å². The highest BCUT2D eigenvalue weighted by atomic mass is 32.2. The van der Waals surface area contributed by atoms with E-state index in [1.807, 2.05) is 32.0 Å². The molecule has 0 aliphatic carbocycles. The quantitative estimate of drug-likeness (QED) is 0.506. The van der Waals surface area contributed by atoms with Crippen molar-refractivity contribution < 1.29 is 23.8 Å². The Balaban J connectivity index is 1.79. The van der Waals surface area contributed by atoms with Crippen molar-refractivity contribution in [3.05, 3.63) is 53.6 Å². The van der Waals surface area contributed by atoms with E-state index >= 15 is 0 Å². The topological polar surface area (TPSA) is 91.3 Å². The summed E-state index contributed by atoms with van der Waals surface area (Å²) in [6, 6.07) is 12.8. The van der Waals surface area contributed by atoms with Gasteiger partial charge in [0.15, 0.2) is 5.95 Å². The number of carbonyl (C=O) groups excluding carboxylic acids is 1. The Morgan fingerprint density at radius 3 is 2.46 bits per heavy atom. The predicted octanol–water partition coefficient (Wildman–Crippen LogP) is 2.77. The van der Waals surface area contributed by atoms with Crippen LogP contribution in [0.15, 0.2) is 52.0 Å². The number of amides is 1. The van der Waals surface area contributed by atoms with Gasteiger partial charge in [0.2, 0.25) is 11.6 Å². The van der Waals surface area contributed by atoms with Crippen molar-refractivity contribution in [1.82, 2.24) is 5.27 Å². The number of aromatic nitrogens is 2. The van der Waals surface area contributed by atoms with Crippen LogP contribution in [0.5, 0.6) is 11.7 Å². The second-order valence-electron chi connectivity index (χ2n) is 6.29. The highest BCUT2D eigenvalue weighted by Gasteiger charge is 2.27. The molecular formula is C20H21N3O4S. The predicted molar refractivity (Wildman–Crippen MR) is 104 cm³/mol. The molecule has 0 aliphatic heterocycles. The van der Waals surface area contributed by atoms with Crippen molar-refractivity contribution in [3.8, 4) is 17.4 Å². The first-order valence-corrected chi connectivity index (χ1v) is 9.56. The van der Waals surface area contributed by atoms with Gasteiger partial charge >= 0.3 is 0 Å². The van der Waals surface area contributed by atoms with Gasteiger partial charge in [0, 0.05) is 17.8 Å². The van der Waals surface area contributed by atoms with Gasteiger partial charge in [0.25, 0.3) is 5.03 Å². The summed E-state index contributed by atoms with van der Waals surface area (Å²) < 4.78 is 11.3. The Kier molecular flexibility index (Phi) is 5.89. The van der Waals surface area contributed by atoms with Gasteiger partial charge in [-0.05, 0) is 60.5 Å². The first-order chi connectivity index (χ1) is 13.4. The normalized spacial score (nSPS) is 11.9. The number of carbonyl (C=O) groups is 1. The molecule has 0 saturated carbocycles. The van der Waals surface area contributed by atoms with Crippen LogP contribution in [-0.4, -0.2) is 23.5 Å². The van der Waals surface area contributed by atoms with E-state index in [4.69, 9.17) is 9.26 Å². The number of ether oxygens (including phenoxy) is 1. The van der Waals surface area contributed by atoms with Gasteiger partial charge in [-0.25, -0.2) is 0 Å². The van der Waals surface area contributed by atoms with Crippen molar-refractivity contribution in [1.29, 1.82) is 0 Å². The van der Waals surface area contributed by atoms with Crippen molar-refractivity contribution in [2.24, 2.45) is 0 Å². The molecule has 0 spiro atoms. The van der Waals surface area contributed by atoms with Gasteiger partial charge in [-0.2, -0.15) is 0 Å². The van der Waals surface area contributed by atoms with Gasteiger partial charge in [-0.3, -0.25) is 4.79 Å². The van der Waals surface area contributed by atoms with Crippen molar-refractivity contribution >= 4 is 23.4 Å². The molecule has 0 radical (unpaired) electrons. The number of aryl methyl sites for hydroxylation is 2. The molecule has 146 valence electrons. The first-order valence-electron chi connectivity index (χ1n) is 8.68. The average Bonchev–Trinajstić information content (AvgIpc) is 3.05. The van der Waals surface area contributed by atoms with Crippen LogP contribution < -0.4 is 19.8 Å². The standard InChI is InChI=1S/C20H21N3O4S/c1-12-6-5-7-13(2)17(12)21-18(24)14(3)28-19-20(25)27-22-23(19)15-8-10-16(26-4)11-9-15/h5-11,14H,1-4H3,(H-,21,22,24,25). The summed E-state index contributed by atoms with van der Waals surface area (Å²) in [5, 5.41) is 18.6. The van der Waals surface area contributed by atoms with Crippen LogP contribution >= 0.6 is 11.8 Å². The molecule has 1 N–H and O–H groups in total. The number of thioether (sulfide) groups is 1. The third-order valence-corrected chi connectivity index (χ3v) is 5.41. The molecule has 1 aromatic heterocycles. The second-order valence-corrected chi connectivity index (χ2v) is 7.62. The van der Waals surface area contributed by atoms with Crippen LogP contribution in [0.3, 0.4) is 0 Å². The Morgan fingerprint density at radius 1 is 1.21 bits per heavy atom. The molecule has 0 aliphatic rings. The maximum absolute atomic E-state index is 12.7. The molecule has 28 heavy (non-hydrogen) atoms. The van der Waals surface area contributed by atoms with Crippen molar-refractivity contribution in [2.75, 3.05) is 12.4 Å². The minimum absolute atomic E-state index is 0.204. The number of para-hydroxylation sites is 1. The zero-order valence-corrected chi connectivity index (χ0v) is 16.9. The first kappa shape index (κ1) is 19.8. The van der Waals surface area contributed by atoms with Crippen LogP contribution in [0, 0.1) is 13.8 Å². The molecule has 8 heteroatoms. The number of anilines is 1. The van der Waals surface area contributed by atoms with E-state index in [2.05, 4.69) is 10.6 Å². The number of methoxy groups -OCH3 is 1. The molecular weight excluding hydrogens is 378 g/mol. The van der Waals surface area contributed by atoms with E-state index in [0.717, 1.165) is 28.6 Å². The molecule has 3 aromatic rings. The minimum atomic E-state index is -0.590. The lowest BCUT2D eigenvalue weighted by Gasteiger charge is -2.14. The monoisotopic (exact) mass is 399 g/mol. The number of hydrogen-bond acceptors (Lipinski definition) is 6. The van der Waals surface area contributed by atoms with Crippen LogP contribution in [-0.2, 0) is 4.79 Å². The Morgan fingerprint density at radius 2 is 1.86 bits per heavy atom. The third kappa shape index (κ3) is 4.12. The molecule has 1 amide bonds. The number of benzene rings is 2. The summed E-state index contributed by atoms with van der Waals surface area (Å²) in [4.78, 5) is 12.7. The van der Waals surface area contributed by atoms with E-state index in [1.165, 1.54) is 4.68 Å². The molecule has 1 atom stereocenters. The van der Waals surface area contributed by atoms with Gasteiger partial charge in [-0.1, -0.05) is 18.2 Å². The SMILES string of the molecule is COc1ccc(-[n+]2noc([O-])c2SC(C)C(=O)Nc2c(C)cccc2C)cc1. The molecule has 0 bridgehead atoms. The number of nitrogens with zero attached hydrogens (tertiary/aromatic N) is 2. The second kappa shape index (κ2) is 8.35. The van der Waals surface area contributed by atoms with Gasteiger partial charge in [-0.15, -0.1) is 0 Å². The smallest absolute Gasteiger partial charge is 0.298 e. The lowest BCUT2D eigenvalue weighted by Crippen LogP contribution is -2.36. The maximum Gasteiger partial charge on any atom is 0.298 e. The van der Waals surface area contributed by atoms with E-state index < -0.39 is 11.2 Å². The number of rotatable bonds is 6. The summed E-state index contributed by atoms with van der Waals surface area (Å²) in [6.45, 7) is 5.61. The summed E-state index contributed by atoms with van der Waals surface area (Å²) in [7, 11) is 1.58. The lowest BCUT2D eigenvalue weighted by atomic mass is 10.1. The molecule has 3 rings (SSSR count). The van der Waals surface area contributed by atoms with E-state index in [1.54, 1.807) is 38.3 Å². The van der Waals surface area contributed by atoms with Gasteiger partial charge in [0.05, 0.1) is 17.6 Å². The van der Waals surface area contributed by atoms with E-state index in [9.17, 15) is 9.90 Å². The van der Waals surface area contributed by atoms with Crippen LogP contribution in [0.1, 0.15) is 18.1 Å². The zero-order chi connectivity index (χ0) is 20.3. The van der Waals surface area contributed by atoms with E-state index in [-0.39, 0.29) is 10.9 Å². The summed E-state index contributed by atoms with van der Waals surface area (Å²) in [5.74, 6) is -0.109. The minimum Gasteiger partial charge on any atom is -0.538 e. The summed E-state index contributed by atoms with van der Waals surface area (Å²) in [5.41, 5.74) is 3.38. The lowest BCUT2D eigenvalue weighted by molar-refractivity contribution is -0.705. The fourth-order valence-electron chi connectivity index (χ4n) is 2.68. The Labute approximate surface area is 167 Å². The van der Waals surface area contributed by atoms with Crippen molar-refractivity contribution in [2.45, 2.75) is 31.0 Å². The number of nitrogens with one attached hydrogen (secondary N) is 1. The molecule has 0 saturated heterocycles. The maximum atomic E-state index is 12.7. The van der Waals surface area contributed by atoms with E-state index in [0.29, 0.717) is 11.4 Å². The Bertz CT molecular complexity index is 965. The molecule has 2 aromatic carbocycles. The molecule has 1 unspecified atom stereocenters. The zero-order valence-electron chi connectivity index (χ0n) is 16.1. The summed E-state index contributed by atoms with van der Waals surface area (Å²) >= 11 is 1.10.